The predicted octanol–water partition coefficient (Wildman–Crippen LogP) is 4.01. The van der Waals surface area contributed by atoms with Crippen molar-refractivity contribution in [1.82, 2.24) is 4.90 Å². The highest BCUT2D eigenvalue weighted by Gasteiger charge is 2.36. The molecule has 1 aliphatic heterocycles. The lowest BCUT2D eigenvalue weighted by molar-refractivity contribution is -0.125. The minimum absolute atomic E-state index is 0.0421. The molecule has 3 aromatic rings. The Labute approximate surface area is 201 Å². The zero-order chi connectivity index (χ0) is 24.9. The number of methoxy groups -OCH3 is 1. The van der Waals surface area contributed by atoms with Crippen LogP contribution in [0.5, 0.6) is 5.75 Å². The van der Waals surface area contributed by atoms with Gasteiger partial charge in [-0.25, -0.2) is 4.79 Å². The number of hydrogen-bond acceptors (Lipinski definition) is 6. The molecule has 4 rings (SSSR count). The molecule has 3 aromatic carbocycles. The van der Waals surface area contributed by atoms with Gasteiger partial charge in [-0.1, -0.05) is 42.5 Å². The molecule has 8 heteroatoms. The summed E-state index contributed by atoms with van der Waals surface area (Å²) < 4.78 is 10.8. The lowest BCUT2D eigenvalue weighted by Gasteiger charge is -2.18. The number of anilines is 1. The van der Waals surface area contributed by atoms with Crippen molar-refractivity contribution >= 4 is 29.4 Å². The van der Waals surface area contributed by atoms with Crippen molar-refractivity contribution in [2.24, 2.45) is 0 Å². The molecular weight excluding hydrogens is 448 g/mol. The van der Waals surface area contributed by atoms with Gasteiger partial charge >= 0.3 is 5.97 Å². The van der Waals surface area contributed by atoms with Gasteiger partial charge in [-0.2, -0.15) is 0 Å². The van der Waals surface area contributed by atoms with Gasteiger partial charge in [0.2, 0.25) is 6.10 Å². The number of hydrogen-bond donors (Lipinski definition) is 1. The zero-order valence-corrected chi connectivity index (χ0v) is 18.9. The summed E-state index contributed by atoms with van der Waals surface area (Å²) >= 11 is 0. The molecule has 0 aliphatic carbocycles. The fourth-order valence-corrected chi connectivity index (χ4v) is 3.70. The number of rotatable bonds is 8. The lowest BCUT2D eigenvalue weighted by atomic mass is 10.1. The second kappa shape index (κ2) is 10.0. The molecule has 8 nitrogen and oxygen atoms in total. The zero-order valence-electron chi connectivity index (χ0n) is 18.9. The summed E-state index contributed by atoms with van der Waals surface area (Å²) in [5.74, 6) is -1.80. The van der Waals surface area contributed by atoms with Crippen LogP contribution in [-0.2, 0) is 9.53 Å². The molecule has 176 valence electrons. The Morgan fingerprint density at radius 2 is 1.71 bits per heavy atom. The number of imide groups is 1. The summed E-state index contributed by atoms with van der Waals surface area (Å²) in [7, 11) is 1.51. The molecule has 35 heavy (non-hydrogen) atoms. The summed E-state index contributed by atoms with van der Waals surface area (Å²) in [4.78, 5) is 52.2. The molecule has 1 heterocycles. The molecule has 1 N–H and O–H groups in total. The van der Waals surface area contributed by atoms with E-state index in [-0.39, 0.29) is 23.2 Å². The minimum atomic E-state index is -1.27. The van der Waals surface area contributed by atoms with Gasteiger partial charge in [0, 0.05) is 23.9 Å². The van der Waals surface area contributed by atoms with Crippen molar-refractivity contribution in [3.63, 3.8) is 0 Å². The SMILES string of the molecule is C=CCN1C(=O)c2ccc(C(=O)OC(C(=O)Nc3cccc(OC)c3)c3ccccc3)cc2C1=O. The number of ether oxygens (including phenoxy) is 2. The average Bonchev–Trinajstić information content (AvgIpc) is 3.12. The highest BCUT2D eigenvalue weighted by Crippen LogP contribution is 2.27. The number of carbonyl (C=O) groups excluding carboxylic acids is 4. The molecule has 1 aliphatic rings. The number of nitrogens with zero attached hydrogens (tertiary/aromatic N) is 1. The van der Waals surface area contributed by atoms with E-state index in [1.54, 1.807) is 54.6 Å². The molecule has 3 amide bonds. The lowest BCUT2D eigenvalue weighted by Crippen LogP contribution is -2.29. The number of esters is 1. The van der Waals surface area contributed by atoms with Gasteiger partial charge in [0.05, 0.1) is 23.8 Å². The van der Waals surface area contributed by atoms with Crippen LogP contribution >= 0.6 is 0 Å². The van der Waals surface area contributed by atoms with Gasteiger partial charge in [-0.15, -0.1) is 6.58 Å². The van der Waals surface area contributed by atoms with Crippen molar-refractivity contribution in [3.8, 4) is 5.75 Å². The van der Waals surface area contributed by atoms with Crippen LogP contribution in [0.2, 0.25) is 0 Å². The maximum absolute atomic E-state index is 13.1. The van der Waals surface area contributed by atoms with Crippen LogP contribution in [0.3, 0.4) is 0 Å². The maximum atomic E-state index is 13.1. The molecule has 0 fully saturated rings. The van der Waals surface area contributed by atoms with Gasteiger partial charge in [-0.05, 0) is 30.3 Å². The number of fused-ring (bicyclic) bond motifs is 1. The third-order valence-electron chi connectivity index (χ3n) is 5.42. The average molecular weight is 470 g/mol. The molecule has 0 saturated carbocycles. The number of nitrogens with one attached hydrogen (secondary N) is 1. The Hall–Kier alpha value is -4.72. The molecule has 0 aromatic heterocycles. The van der Waals surface area contributed by atoms with Crippen molar-refractivity contribution in [1.29, 1.82) is 0 Å². The Kier molecular flexibility index (Phi) is 6.73. The Morgan fingerprint density at radius 3 is 2.43 bits per heavy atom. The van der Waals surface area contributed by atoms with Crippen molar-refractivity contribution in [2.45, 2.75) is 6.10 Å². The van der Waals surface area contributed by atoms with Crippen LogP contribution in [0.15, 0.2) is 85.5 Å². The second-order valence-electron chi connectivity index (χ2n) is 7.69. The van der Waals surface area contributed by atoms with Crippen molar-refractivity contribution in [3.05, 3.63) is 108 Å². The normalized spacial score (nSPS) is 13.1. The molecular formula is C27H22N2O6. The minimum Gasteiger partial charge on any atom is -0.497 e. The first kappa shape index (κ1) is 23.4. The largest absolute Gasteiger partial charge is 0.497 e. The van der Waals surface area contributed by atoms with Crippen LogP contribution < -0.4 is 10.1 Å². The summed E-state index contributed by atoms with van der Waals surface area (Å²) in [5, 5.41) is 2.74. The van der Waals surface area contributed by atoms with E-state index in [1.165, 1.54) is 31.4 Å². The van der Waals surface area contributed by atoms with Crippen LogP contribution in [0.4, 0.5) is 5.69 Å². The molecule has 1 atom stereocenters. The topological polar surface area (TPSA) is 102 Å². The van der Waals surface area contributed by atoms with Crippen molar-refractivity contribution in [2.75, 3.05) is 19.0 Å². The first-order valence-corrected chi connectivity index (χ1v) is 10.7. The first-order chi connectivity index (χ1) is 16.9. The summed E-state index contributed by atoms with van der Waals surface area (Å²) in [5.41, 5.74) is 1.27. The van der Waals surface area contributed by atoms with E-state index < -0.39 is 29.8 Å². The van der Waals surface area contributed by atoms with Crippen LogP contribution in [0.25, 0.3) is 0 Å². The monoisotopic (exact) mass is 470 g/mol. The highest BCUT2D eigenvalue weighted by atomic mass is 16.5. The fraction of sp³-hybridized carbons (Fsp3) is 0.111. The summed E-state index contributed by atoms with van der Waals surface area (Å²) in [6.45, 7) is 3.62. The van der Waals surface area contributed by atoms with Crippen LogP contribution in [-0.4, -0.2) is 42.2 Å². The standard InChI is InChI=1S/C27H22N2O6/c1-3-14-29-25(31)21-13-12-18(15-22(21)26(29)32)27(33)35-23(17-8-5-4-6-9-17)24(30)28-19-10-7-11-20(16-19)34-2/h3-13,15-16,23H,1,14H2,2H3,(H,28,30). The third kappa shape index (κ3) is 4.81. The predicted molar refractivity (Wildman–Crippen MR) is 128 cm³/mol. The van der Waals surface area contributed by atoms with Gasteiger partial charge in [0.25, 0.3) is 17.7 Å². The summed E-state index contributed by atoms with van der Waals surface area (Å²) in [6.07, 6.45) is 0.181. The Balaban J connectivity index is 1.59. The fourth-order valence-electron chi connectivity index (χ4n) is 3.70. The highest BCUT2D eigenvalue weighted by molar-refractivity contribution is 6.22. The molecule has 0 spiro atoms. The molecule has 0 saturated heterocycles. The van der Waals surface area contributed by atoms with Crippen molar-refractivity contribution < 1.29 is 28.7 Å². The third-order valence-corrected chi connectivity index (χ3v) is 5.42. The van der Waals surface area contributed by atoms with Gasteiger partial charge < -0.3 is 14.8 Å². The van der Waals surface area contributed by atoms with E-state index in [0.29, 0.717) is 17.0 Å². The number of amides is 3. The van der Waals surface area contributed by atoms with Gasteiger partial charge in [-0.3, -0.25) is 19.3 Å². The van der Waals surface area contributed by atoms with Crippen LogP contribution in [0.1, 0.15) is 42.7 Å². The van der Waals surface area contributed by atoms with Gasteiger partial charge in [0.1, 0.15) is 5.75 Å². The van der Waals surface area contributed by atoms with E-state index in [9.17, 15) is 19.2 Å². The molecule has 0 radical (unpaired) electrons. The first-order valence-electron chi connectivity index (χ1n) is 10.7. The number of benzene rings is 3. The Bertz CT molecular complexity index is 1320. The number of carbonyl (C=O) groups is 4. The van der Waals surface area contributed by atoms with Crippen LogP contribution in [0, 0.1) is 0 Å². The van der Waals surface area contributed by atoms with E-state index in [1.807, 2.05) is 0 Å². The molecule has 1 unspecified atom stereocenters. The van der Waals surface area contributed by atoms with E-state index >= 15 is 0 Å². The van der Waals surface area contributed by atoms with Gasteiger partial charge in [0.15, 0.2) is 0 Å². The Morgan fingerprint density at radius 1 is 0.971 bits per heavy atom. The summed E-state index contributed by atoms with van der Waals surface area (Å²) in [6, 6.07) is 19.4. The van der Waals surface area contributed by atoms with E-state index in [4.69, 9.17) is 9.47 Å². The maximum Gasteiger partial charge on any atom is 0.339 e. The molecule has 0 bridgehead atoms. The van der Waals surface area contributed by atoms with E-state index in [0.717, 1.165) is 4.90 Å². The van der Waals surface area contributed by atoms with E-state index in [2.05, 4.69) is 11.9 Å². The second-order valence-corrected chi connectivity index (χ2v) is 7.69. The quantitative estimate of drug-likeness (QED) is 0.303. The smallest absolute Gasteiger partial charge is 0.339 e.